The van der Waals surface area contributed by atoms with E-state index in [0.29, 0.717) is 23.0 Å². The second-order valence-corrected chi connectivity index (χ2v) is 18.2. The van der Waals surface area contributed by atoms with Crippen LogP contribution in [-0.2, 0) is 21.3 Å². The lowest BCUT2D eigenvalue weighted by molar-refractivity contribution is -0.225. The van der Waals surface area contributed by atoms with Crippen molar-refractivity contribution in [3.63, 3.8) is 0 Å². The van der Waals surface area contributed by atoms with Gasteiger partial charge in [0.1, 0.15) is 22.9 Å². The van der Waals surface area contributed by atoms with Crippen molar-refractivity contribution < 1.29 is 36.6 Å². The Balaban J connectivity index is 1.01. The van der Waals surface area contributed by atoms with E-state index in [1.807, 2.05) is 41.5 Å². The topological polar surface area (TPSA) is 116 Å². The fraction of sp³-hybridized carbons (Fsp3) is 0.524. The zero-order valence-corrected chi connectivity index (χ0v) is 32.3. The summed E-state index contributed by atoms with van der Waals surface area (Å²) in [5, 5.41) is 0. The maximum atomic E-state index is 16.1. The molecule has 56 heavy (non-hydrogen) atoms. The number of piperidine rings is 2. The minimum Gasteiger partial charge on any atom is -0.444 e. The fourth-order valence-electron chi connectivity index (χ4n) is 9.85. The Morgan fingerprint density at radius 2 is 1.05 bits per heavy atom. The SMILES string of the molecule is CC(C)(C)OC(=O)N1[C@@H]2CC[C@@H](C2)[C@H]1c1ncc(-c2ccc3c(c2)C(F)(F)C(F)(F)c2cc(-c4cnc([C@@H]5[C@H]6CC[C@H](C6)N5C(=O)OC(C)(C)C)[nH]4)ccc2-3)[nH]1. The van der Waals surface area contributed by atoms with Gasteiger partial charge in [0, 0.05) is 34.3 Å². The molecular weight excluding hydrogens is 728 g/mol. The highest BCUT2D eigenvalue weighted by Gasteiger charge is 2.63. The third kappa shape index (κ3) is 5.79. The van der Waals surface area contributed by atoms with Gasteiger partial charge in [0.2, 0.25) is 0 Å². The van der Waals surface area contributed by atoms with Crippen LogP contribution >= 0.6 is 0 Å². The average molecular weight is 775 g/mol. The Morgan fingerprint density at radius 1 is 0.661 bits per heavy atom. The quantitative estimate of drug-likeness (QED) is 0.200. The van der Waals surface area contributed by atoms with Crippen molar-refractivity contribution >= 4 is 12.2 Å². The molecule has 2 amide bonds. The number of aromatic nitrogens is 4. The molecule has 296 valence electrons. The number of fused-ring (bicyclic) bond motifs is 7. The van der Waals surface area contributed by atoms with Gasteiger partial charge in [-0.3, -0.25) is 9.80 Å². The Labute approximate surface area is 322 Å². The minimum atomic E-state index is -4.54. The normalized spacial score (nSPS) is 27.0. The largest absolute Gasteiger partial charge is 0.444 e. The van der Waals surface area contributed by atoms with Gasteiger partial charge in [0.25, 0.3) is 0 Å². The van der Waals surface area contributed by atoms with Crippen LogP contribution in [0.4, 0.5) is 27.2 Å². The summed E-state index contributed by atoms with van der Waals surface area (Å²) in [4.78, 5) is 45.5. The van der Waals surface area contributed by atoms with E-state index in [1.165, 1.54) is 24.5 Å². The van der Waals surface area contributed by atoms with E-state index >= 15 is 17.6 Å². The summed E-state index contributed by atoms with van der Waals surface area (Å²) in [6, 6.07) is 7.65. The molecule has 0 spiro atoms. The van der Waals surface area contributed by atoms with E-state index in [2.05, 4.69) is 19.9 Å². The second kappa shape index (κ2) is 12.3. The number of hydrogen-bond donors (Lipinski definition) is 2. The van der Waals surface area contributed by atoms with Crippen LogP contribution in [0.15, 0.2) is 48.8 Å². The van der Waals surface area contributed by atoms with E-state index in [-0.39, 0.29) is 58.3 Å². The Hall–Kier alpha value is -4.88. The predicted molar refractivity (Wildman–Crippen MR) is 199 cm³/mol. The van der Waals surface area contributed by atoms with Crippen molar-refractivity contribution in [1.82, 2.24) is 29.7 Å². The van der Waals surface area contributed by atoms with Crippen LogP contribution in [0.1, 0.15) is 115 Å². The van der Waals surface area contributed by atoms with Crippen molar-refractivity contribution in [3.8, 4) is 33.6 Å². The molecule has 3 aliphatic carbocycles. The van der Waals surface area contributed by atoms with Crippen molar-refractivity contribution in [3.05, 3.63) is 71.6 Å². The molecule has 2 saturated carbocycles. The van der Waals surface area contributed by atoms with Gasteiger partial charge in [-0.15, -0.1) is 0 Å². The smallest absolute Gasteiger partial charge is 0.411 e. The van der Waals surface area contributed by atoms with E-state index in [0.717, 1.165) is 50.7 Å². The monoisotopic (exact) mass is 774 g/mol. The number of carbonyl (C=O) groups is 2. The van der Waals surface area contributed by atoms with Gasteiger partial charge >= 0.3 is 24.0 Å². The molecule has 2 aliphatic heterocycles. The van der Waals surface area contributed by atoms with Crippen molar-refractivity contribution in [1.29, 1.82) is 0 Å². The number of benzene rings is 2. The first kappa shape index (κ1) is 36.7. The number of rotatable bonds is 4. The average Bonchev–Trinajstić information content (AvgIpc) is 3.97. The molecule has 4 heterocycles. The molecule has 9 rings (SSSR count). The second-order valence-electron chi connectivity index (χ2n) is 18.2. The summed E-state index contributed by atoms with van der Waals surface area (Å²) in [5.41, 5.74) is -1.60. The highest BCUT2D eigenvalue weighted by atomic mass is 19.3. The van der Waals surface area contributed by atoms with Gasteiger partial charge in [-0.25, -0.2) is 19.6 Å². The zero-order chi connectivity index (χ0) is 39.7. The first-order valence-corrected chi connectivity index (χ1v) is 19.5. The van der Waals surface area contributed by atoms with Gasteiger partial charge in [-0.2, -0.15) is 17.6 Å². The number of nitrogens with one attached hydrogen (secondary N) is 2. The maximum Gasteiger partial charge on any atom is 0.411 e. The van der Waals surface area contributed by atoms with Crippen LogP contribution in [0.2, 0.25) is 0 Å². The summed E-state index contributed by atoms with van der Waals surface area (Å²) in [7, 11) is 0. The highest BCUT2D eigenvalue weighted by Crippen LogP contribution is 2.59. The Kier molecular flexibility index (Phi) is 8.08. The standard InChI is InChI=1S/C42H46F4N6O4/c1-39(2,3)55-37(53)51-25-11-7-23(15-25)33(51)35-47-19-31(49-35)21-9-13-27-28-14-10-22(18-30(28)42(45,46)41(43,44)29(27)17-21)32-20-48-36(50-32)34-24-8-12-26(16-24)52(34)38(54)56-40(4,5)6/h9-10,13-14,17-20,23-26,33-34H,7-8,11-12,15-16H2,1-6H3,(H,47,49)(H,48,50)/t23-,24-,25+,26+,33-,34-/m0/s1. The van der Waals surface area contributed by atoms with Crippen LogP contribution in [0.25, 0.3) is 33.6 Å². The molecule has 2 N–H and O–H groups in total. The number of alkyl halides is 4. The number of carbonyl (C=O) groups excluding carboxylic acids is 2. The maximum absolute atomic E-state index is 16.1. The number of amides is 2. The fourth-order valence-corrected chi connectivity index (χ4v) is 9.85. The van der Waals surface area contributed by atoms with Crippen molar-refractivity contribution in [2.45, 2.75) is 127 Å². The van der Waals surface area contributed by atoms with E-state index in [9.17, 15) is 9.59 Å². The van der Waals surface area contributed by atoms with E-state index in [4.69, 9.17) is 9.47 Å². The molecule has 5 aliphatic rings. The summed E-state index contributed by atoms with van der Waals surface area (Å²) in [6.45, 7) is 10.9. The van der Waals surface area contributed by atoms with Crippen LogP contribution < -0.4 is 0 Å². The van der Waals surface area contributed by atoms with Crippen molar-refractivity contribution in [2.75, 3.05) is 0 Å². The van der Waals surface area contributed by atoms with Crippen LogP contribution in [0, 0.1) is 11.8 Å². The molecule has 2 saturated heterocycles. The first-order chi connectivity index (χ1) is 26.3. The van der Waals surface area contributed by atoms with Crippen LogP contribution in [-0.4, -0.2) is 65.2 Å². The first-order valence-electron chi connectivity index (χ1n) is 19.5. The van der Waals surface area contributed by atoms with Crippen molar-refractivity contribution in [2.24, 2.45) is 11.8 Å². The Bertz CT molecular complexity index is 2080. The molecule has 0 unspecified atom stereocenters. The summed E-state index contributed by atoms with van der Waals surface area (Å²) < 4.78 is 76.0. The zero-order valence-electron chi connectivity index (χ0n) is 32.3. The van der Waals surface area contributed by atoms with E-state index in [1.54, 1.807) is 21.9 Å². The molecule has 4 bridgehead atoms. The van der Waals surface area contributed by atoms with Gasteiger partial charge < -0.3 is 19.4 Å². The predicted octanol–water partition coefficient (Wildman–Crippen LogP) is 10.3. The summed E-state index contributed by atoms with van der Waals surface area (Å²) >= 11 is 0. The number of H-pyrrole nitrogens is 2. The summed E-state index contributed by atoms with van der Waals surface area (Å²) in [5.74, 6) is -7.74. The van der Waals surface area contributed by atoms with E-state index < -0.39 is 46.4 Å². The number of aromatic amines is 2. The lowest BCUT2D eigenvalue weighted by atomic mass is 9.79. The molecule has 4 aromatic rings. The number of ether oxygens (including phenoxy) is 2. The van der Waals surface area contributed by atoms with Gasteiger partial charge in [0.15, 0.2) is 0 Å². The number of likely N-dealkylation sites (tertiary alicyclic amines) is 2. The molecule has 0 radical (unpaired) electrons. The molecule has 14 heteroatoms. The number of hydrogen-bond acceptors (Lipinski definition) is 6. The highest BCUT2D eigenvalue weighted by molar-refractivity contribution is 5.81. The number of imidazole rings is 2. The lowest BCUT2D eigenvalue weighted by Crippen LogP contribution is -2.43. The molecule has 2 aromatic carbocycles. The molecule has 10 nitrogen and oxygen atoms in total. The third-order valence-corrected chi connectivity index (χ3v) is 12.2. The Morgan fingerprint density at radius 3 is 1.43 bits per heavy atom. The van der Waals surface area contributed by atoms with Crippen LogP contribution in [0.3, 0.4) is 0 Å². The van der Waals surface area contributed by atoms with Crippen LogP contribution in [0.5, 0.6) is 0 Å². The molecular formula is C42H46F4N6O4. The molecule has 2 aromatic heterocycles. The number of nitrogens with zero attached hydrogens (tertiary/aromatic N) is 4. The van der Waals surface area contributed by atoms with Gasteiger partial charge in [-0.05, 0) is 115 Å². The minimum absolute atomic E-state index is 0.00968. The summed E-state index contributed by atoms with van der Waals surface area (Å²) in [6.07, 6.45) is 7.34. The van der Waals surface area contributed by atoms with Gasteiger partial charge in [-0.1, -0.05) is 24.3 Å². The molecule has 4 fully saturated rings. The lowest BCUT2D eigenvalue weighted by Gasteiger charge is -2.35. The number of halogens is 4. The molecule has 6 atom stereocenters. The third-order valence-electron chi connectivity index (χ3n) is 12.2. The van der Waals surface area contributed by atoms with Gasteiger partial charge in [0.05, 0.1) is 35.9 Å².